The third-order valence-electron chi connectivity index (χ3n) is 4.22. The molecule has 1 aliphatic rings. The highest BCUT2D eigenvalue weighted by molar-refractivity contribution is 7.87. The van der Waals surface area contributed by atoms with Gasteiger partial charge in [-0.3, -0.25) is 4.68 Å². The van der Waals surface area contributed by atoms with Gasteiger partial charge in [0.25, 0.3) is 0 Å². The average Bonchev–Trinajstić information content (AvgIpc) is 2.97. The fourth-order valence-corrected chi connectivity index (χ4v) is 4.22. The Bertz CT molecular complexity index is 808. The summed E-state index contributed by atoms with van der Waals surface area (Å²) in [5.74, 6) is 0.337. The third kappa shape index (κ3) is 3.56. The number of benzene rings is 1. The molecular weight excluding hydrogens is 326 g/mol. The van der Waals surface area contributed by atoms with E-state index < -0.39 is 10.1 Å². The van der Waals surface area contributed by atoms with Crippen LogP contribution < -0.4 is 9.08 Å². The minimum Gasteiger partial charge on any atom is -0.379 e. The summed E-state index contributed by atoms with van der Waals surface area (Å²) in [4.78, 5) is 2.40. The van der Waals surface area contributed by atoms with Crippen molar-refractivity contribution in [3.05, 3.63) is 36.2 Å². The monoisotopic (exact) mass is 349 g/mol. The fraction of sp³-hybridized carbons (Fsp3) is 0.471. The number of hydrogen-bond donors (Lipinski definition) is 0. The molecule has 1 fully saturated rings. The summed E-state index contributed by atoms with van der Waals surface area (Å²) in [7, 11) is -2.18. The standard InChI is InChI=1S/C17H23N3O3S/c1-3-16-17(13-19(2)18-16)24(21,22)23-15-9-7-8-14(12-15)20-10-5-4-6-11-20/h7-9,12-13H,3-6,10-11H2,1-2H3. The molecule has 0 amide bonds. The van der Waals surface area contributed by atoms with Gasteiger partial charge in [-0.25, -0.2) is 0 Å². The van der Waals surface area contributed by atoms with Crippen LogP contribution in [-0.2, 0) is 23.6 Å². The second-order valence-corrected chi connectivity index (χ2v) is 7.56. The van der Waals surface area contributed by atoms with Gasteiger partial charge in [0.1, 0.15) is 10.6 Å². The molecule has 1 aromatic heterocycles. The van der Waals surface area contributed by atoms with Gasteiger partial charge in [0, 0.05) is 38.1 Å². The minimum absolute atomic E-state index is 0.135. The molecule has 24 heavy (non-hydrogen) atoms. The molecule has 0 N–H and O–H groups in total. The van der Waals surface area contributed by atoms with Crippen molar-refractivity contribution < 1.29 is 12.6 Å². The largest absolute Gasteiger partial charge is 0.379 e. The molecule has 6 nitrogen and oxygen atoms in total. The predicted molar refractivity (Wildman–Crippen MR) is 92.9 cm³/mol. The Morgan fingerprint density at radius 2 is 1.96 bits per heavy atom. The predicted octanol–water partition coefficient (Wildman–Crippen LogP) is 2.74. The Hall–Kier alpha value is -2.02. The van der Waals surface area contributed by atoms with Crippen LogP contribution >= 0.6 is 0 Å². The molecule has 130 valence electrons. The lowest BCUT2D eigenvalue weighted by Gasteiger charge is -2.28. The van der Waals surface area contributed by atoms with E-state index in [0.717, 1.165) is 18.8 Å². The highest BCUT2D eigenvalue weighted by Gasteiger charge is 2.24. The van der Waals surface area contributed by atoms with Crippen molar-refractivity contribution >= 4 is 15.8 Å². The second-order valence-electron chi connectivity index (χ2n) is 6.05. The zero-order chi connectivity index (χ0) is 17.2. The molecule has 2 heterocycles. The second kappa shape index (κ2) is 6.84. The molecule has 2 aromatic rings. The smallest absolute Gasteiger partial charge is 0.342 e. The van der Waals surface area contributed by atoms with Gasteiger partial charge in [0.05, 0.1) is 5.69 Å². The maximum Gasteiger partial charge on any atom is 0.342 e. The Kier molecular flexibility index (Phi) is 4.80. The summed E-state index contributed by atoms with van der Waals surface area (Å²) in [6.07, 6.45) is 5.61. The van der Waals surface area contributed by atoms with Gasteiger partial charge < -0.3 is 9.08 Å². The quantitative estimate of drug-likeness (QED) is 0.777. The van der Waals surface area contributed by atoms with E-state index in [9.17, 15) is 8.42 Å². The number of nitrogens with zero attached hydrogens (tertiary/aromatic N) is 3. The van der Waals surface area contributed by atoms with E-state index in [2.05, 4.69) is 10.00 Å². The van der Waals surface area contributed by atoms with E-state index in [4.69, 9.17) is 4.18 Å². The van der Waals surface area contributed by atoms with Gasteiger partial charge in [0.15, 0.2) is 0 Å². The Morgan fingerprint density at radius 1 is 1.21 bits per heavy atom. The molecule has 0 spiro atoms. The van der Waals surface area contributed by atoms with Crippen LogP contribution in [0.15, 0.2) is 35.4 Å². The number of piperidine rings is 1. The molecular formula is C17H23N3O3S. The lowest BCUT2D eigenvalue weighted by atomic mass is 10.1. The normalized spacial score (nSPS) is 15.5. The Morgan fingerprint density at radius 3 is 2.67 bits per heavy atom. The van der Waals surface area contributed by atoms with Crippen LogP contribution in [-0.4, -0.2) is 31.3 Å². The summed E-state index contributed by atoms with van der Waals surface area (Å²) in [5, 5.41) is 4.18. The Labute approximate surface area is 143 Å². The van der Waals surface area contributed by atoms with Crippen molar-refractivity contribution in [1.29, 1.82) is 0 Å². The van der Waals surface area contributed by atoms with E-state index in [1.54, 1.807) is 19.2 Å². The first-order valence-corrected chi connectivity index (χ1v) is 9.72. The van der Waals surface area contributed by atoms with Gasteiger partial charge in [-0.05, 0) is 37.8 Å². The molecule has 3 rings (SSSR count). The lowest BCUT2D eigenvalue weighted by Crippen LogP contribution is -2.29. The van der Waals surface area contributed by atoms with Gasteiger partial charge in [-0.2, -0.15) is 13.5 Å². The summed E-state index contributed by atoms with van der Waals surface area (Å²) in [6, 6.07) is 7.29. The summed E-state index contributed by atoms with van der Waals surface area (Å²) < 4.78 is 32.1. The van der Waals surface area contributed by atoms with Crippen LogP contribution in [0.1, 0.15) is 31.9 Å². The third-order valence-corrected chi connectivity index (χ3v) is 5.51. The molecule has 0 unspecified atom stereocenters. The van der Waals surface area contributed by atoms with Crippen LogP contribution in [0.2, 0.25) is 0 Å². The zero-order valence-electron chi connectivity index (χ0n) is 14.1. The minimum atomic E-state index is -3.88. The number of rotatable bonds is 5. The molecule has 0 atom stereocenters. The van der Waals surface area contributed by atoms with Gasteiger partial charge in [-0.1, -0.05) is 13.0 Å². The molecule has 0 saturated carbocycles. The molecule has 1 aliphatic heterocycles. The van der Waals surface area contributed by atoms with Crippen molar-refractivity contribution in [1.82, 2.24) is 9.78 Å². The number of aromatic nitrogens is 2. The van der Waals surface area contributed by atoms with Crippen molar-refractivity contribution in [2.75, 3.05) is 18.0 Å². The van der Waals surface area contributed by atoms with E-state index in [-0.39, 0.29) is 4.90 Å². The van der Waals surface area contributed by atoms with Crippen molar-refractivity contribution in [2.45, 2.75) is 37.5 Å². The first kappa shape index (κ1) is 16.8. The number of hydrogen-bond acceptors (Lipinski definition) is 5. The van der Waals surface area contributed by atoms with E-state index >= 15 is 0 Å². The number of anilines is 1. The molecule has 7 heteroatoms. The average molecular weight is 349 g/mol. The first-order valence-electron chi connectivity index (χ1n) is 8.31. The van der Waals surface area contributed by atoms with E-state index in [1.807, 2.05) is 19.1 Å². The topological polar surface area (TPSA) is 64.4 Å². The molecule has 1 aromatic carbocycles. The van der Waals surface area contributed by atoms with Crippen molar-refractivity contribution in [3.8, 4) is 5.75 Å². The van der Waals surface area contributed by atoms with Crippen molar-refractivity contribution in [3.63, 3.8) is 0 Å². The lowest BCUT2D eigenvalue weighted by molar-refractivity contribution is 0.484. The van der Waals surface area contributed by atoms with E-state index in [0.29, 0.717) is 17.9 Å². The highest BCUT2D eigenvalue weighted by Crippen LogP contribution is 2.27. The molecule has 0 bridgehead atoms. The Balaban J connectivity index is 1.84. The first-order chi connectivity index (χ1) is 11.5. The van der Waals surface area contributed by atoms with Gasteiger partial charge in [0.2, 0.25) is 0 Å². The zero-order valence-corrected chi connectivity index (χ0v) is 14.9. The van der Waals surface area contributed by atoms with Gasteiger partial charge >= 0.3 is 10.1 Å². The SMILES string of the molecule is CCc1nn(C)cc1S(=O)(=O)Oc1cccc(N2CCCCC2)c1. The van der Waals surface area contributed by atoms with Crippen LogP contribution in [0, 0.1) is 0 Å². The summed E-state index contributed by atoms with van der Waals surface area (Å²) in [6.45, 7) is 3.87. The maximum absolute atomic E-state index is 12.6. The maximum atomic E-state index is 12.6. The summed E-state index contributed by atoms with van der Waals surface area (Å²) in [5.41, 5.74) is 1.52. The van der Waals surface area contributed by atoms with Crippen LogP contribution in [0.4, 0.5) is 5.69 Å². The molecule has 0 aliphatic carbocycles. The van der Waals surface area contributed by atoms with Crippen LogP contribution in [0.25, 0.3) is 0 Å². The molecule has 1 saturated heterocycles. The van der Waals surface area contributed by atoms with Crippen LogP contribution in [0.3, 0.4) is 0 Å². The fourth-order valence-electron chi connectivity index (χ4n) is 3.02. The highest BCUT2D eigenvalue weighted by atomic mass is 32.2. The van der Waals surface area contributed by atoms with Crippen molar-refractivity contribution in [2.24, 2.45) is 7.05 Å². The van der Waals surface area contributed by atoms with Crippen LogP contribution in [0.5, 0.6) is 5.75 Å². The summed E-state index contributed by atoms with van der Waals surface area (Å²) >= 11 is 0. The number of aryl methyl sites for hydroxylation is 2. The van der Waals surface area contributed by atoms with Gasteiger partial charge in [-0.15, -0.1) is 0 Å². The van der Waals surface area contributed by atoms with E-state index in [1.165, 1.54) is 30.1 Å². The molecule has 0 radical (unpaired) electrons.